The molecular weight excluding hydrogens is 178 g/mol. The zero-order valence-corrected chi connectivity index (χ0v) is 8.10. The summed E-state index contributed by atoms with van der Waals surface area (Å²) in [5, 5.41) is 13.7. The van der Waals surface area contributed by atoms with Gasteiger partial charge in [-0.15, -0.1) is 0 Å². The van der Waals surface area contributed by atoms with Crippen molar-refractivity contribution >= 4 is 5.71 Å². The van der Waals surface area contributed by atoms with Gasteiger partial charge in [0.05, 0.1) is 5.71 Å². The topological polar surface area (TPSA) is 41.8 Å². The van der Waals surface area contributed by atoms with Gasteiger partial charge in [0.2, 0.25) is 0 Å². The fraction of sp³-hybridized carbons (Fsp3) is 0.364. The monoisotopic (exact) mass is 191 g/mol. The van der Waals surface area contributed by atoms with Crippen LogP contribution in [-0.2, 0) is 4.84 Å². The lowest BCUT2D eigenvalue weighted by molar-refractivity contribution is 0.0779. The third-order valence-corrected chi connectivity index (χ3v) is 2.40. The van der Waals surface area contributed by atoms with Crippen LogP contribution in [0.2, 0.25) is 0 Å². The predicted molar refractivity (Wildman–Crippen MR) is 55.2 cm³/mol. The lowest BCUT2D eigenvalue weighted by Crippen LogP contribution is -2.12. The van der Waals surface area contributed by atoms with Gasteiger partial charge in [-0.05, 0) is 6.42 Å². The van der Waals surface area contributed by atoms with Crippen molar-refractivity contribution in [3.05, 3.63) is 35.6 Å². The van der Waals surface area contributed by atoms with Gasteiger partial charge in [-0.25, -0.2) is 0 Å². The standard InChI is InChI=1S/C11H13NO2/c1-2-9-7-10(14-12-9)11(13)8-5-3-4-6-8/h3-6,10,13H,2,7H2,1H3. The van der Waals surface area contributed by atoms with Gasteiger partial charge in [0.15, 0.2) is 6.10 Å². The molecule has 3 heteroatoms. The molecule has 3 nitrogen and oxygen atoms in total. The second kappa shape index (κ2) is 3.70. The SMILES string of the molecule is CCC1=NOC(C(O)=C2C=CC=C2)C1. The van der Waals surface area contributed by atoms with E-state index in [2.05, 4.69) is 5.16 Å². The van der Waals surface area contributed by atoms with Crippen LogP contribution < -0.4 is 0 Å². The van der Waals surface area contributed by atoms with Crippen molar-refractivity contribution in [3.8, 4) is 0 Å². The van der Waals surface area contributed by atoms with Gasteiger partial charge in [0.1, 0.15) is 5.76 Å². The summed E-state index contributed by atoms with van der Waals surface area (Å²) in [6.07, 6.45) is 8.81. The molecule has 0 fully saturated rings. The molecule has 1 unspecified atom stereocenters. The molecule has 1 aliphatic heterocycles. The minimum Gasteiger partial charge on any atom is -0.508 e. The van der Waals surface area contributed by atoms with Crippen LogP contribution in [0.25, 0.3) is 0 Å². The highest BCUT2D eigenvalue weighted by atomic mass is 16.6. The van der Waals surface area contributed by atoms with E-state index in [0.717, 1.165) is 17.7 Å². The molecule has 0 bridgehead atoms. The van der Waals surface area contributed by atoms with Gasteiger partial charge in [-0.2, -0.15) is 0 Å². The Kier molecular flexibility index (Phi) is 2.39. The molecule has 0 saturated carbocycles. The fourth-order valence-electron chi connectivity index (χ4n) is 1.51. The van der Waals surface area contributed by atoms with Crippen LogP contribution in [0.5, 0.6) is 0 Å². The first-order chi connectivity index (χ1) is 6.81. The van der Waals surface area contributed by atoms with Gasteiger partial charge >= 0.3 is 0 Å². The average Bonchev–Trinajstić information content (AvgIpc) is 2.88. The van der Waals surface area contributed by atoms with Gasteiger partial charge in [-0.3, -0.25) is 0 Å². The number of hydrogen-bond acceptors (Lipinski definition) is 3. The Morgan fingerprint density at radius 2 is 2.29 bits per heavy atom. The first-order valence-electron chi connectivity index (χ1n) is 4.80. The molecule has 1 aliphatic carbocycles. The van der Waals surface area contributed by atoms with E-state index in [4.69, 9.17) is 4.84 Å². The molecule has 1 atom stereocenters. The van der Waals surface area contributed by atoms with E-state index < -0.39 is 0 Å². The summed E-state index contributed by atoms with van der Waals surface area (Å²) in [6, 6.07) is 0. The summed E-state index contributed by atoms with van der Waals surface area (Å²) in [6.45, 7) is 2.03. The Labute approximate surface area is 83.1 Å². The molecule has 14 heavy (non-hydrogen) atoms. The molecule has 0 radical (unpaired) electrons. The number of oxime groups is 1. The van der Waals surface area contributed by atoms with Gasteiger partial charge < -0.3 is 9.94 Å². The molecule has 1 N–H and O–H groups in total. The third-order valence-electron chi connectivity index (χ3n) is 2.40. The Bertz CT molecular complexity index is 336. The Morgan fingerprint density at radius 1 is 1.57 bits per heavy atom. The first kappa shape index (κ1) is 9.06. The molecular formula is C11H13NO2. The second-order valence-electron chi connectivity index (χ2n) is 3.37. The molecule has 74 valence electrons. The summed E-state index contributed by atoms with van der Waals surface area (Å²) in [5.41, 5.74) is 1.83. The van der Waals surface area contributed by atoms with Gasteiger partial charge in [0.25, 0.3) is 0 Å². The summed E-state index contributed by atoms with van der Waals surface area (Å²) < 4.78 is 0. The maximum absolute atomic E-state index is 9.84. The van der Waals surface area contributed by atoms with Gasteiger partial charge in [0, 0.05) is 12.0 Å². The zero-order chi connectivity index (χ0) is 9.97. The van der Waals surface area contributed by atoms with E-state index in [0.29, 0.717) is 6.42 Å². The van der Waals surface area contributed by atoms with Crippen LogP contribution in [0.4, 0.5) is 0 Å². The van der Waals surface area contributed by atoms with E-state index in [1.165, 1.54) is 0 Å². The van der Waals surface area contributed by atoms with Gasteiger partial charge in [-0.1, -0.05) is 36.4 Å². The van der Waals surface area contributed by atoms with Crippen molar-refractivity contribution < 1.29 is 9.94 Å². The normalized spacial score (nSPS) is 23.9. The number of allylic oxidation sites excluding steroid dienone is 5. The van der Waals surface area contributed by atoms with Crippen molar-refractivity contribution in [3.63, 3.8) is 0 Å². The van der Waals surface area contributed by atoms with Crippen LogP contribution in [0.15, 0.2) is 40.8 Å². The lowest BCUT2D eigenvalue weighted by Gasteiger charge is -2.08. The van der Waals surface area contributed by atoms with Crippen LogP contribution in [0, 0.1) is 0 Å². The summed E-state index contributed by atoms with van der Waals surface area (Å²) in [4.78, 5) is 5.14. The number of aliphatic hydroxyl groups is 1. The maximum atomic E-state index is 9.84. The van der Waals surface area contributed by atoms with E-state index in [9.17, 15) is 5.11 Å². The Morgan fingerprint density at radius 3 is 2.86 bits per heavy atom. The van der Waals surface area contributed by atoms with Crippen molar-refractivity contribution in [2.75, 3.05) is 0 Å². The smallest absolute Gasteiger partial charge is 0.189 e. The van der Waals surface area contributed by atoms with Crippen molar-refractivity contribution in [1.29, 1.82) is 0 Å². The highest BCUT2D eigenvalue weighted by Crippen LogP contribution is 2.23. The van der Waals surface area contributed by atoms with Crippen LogP contribution in [-0.4, -0.2) is 16.9 Å². The number of aliphatic hydroxyl groups excluding tert-OH is 1. The minimum absolute atomic E-state index is 0.280. The van der Waals surface area contributed by atoms with Crippen molar-refractivity contribution in [2.24, 2.45) is 5.16 Å². The Balaban J connectivity index is 2.08. The molecule has 0 saturated heterocycles. The first-order valence-corrected chi connectivity index (χ1v) is 4.80. The summed E-state index contributed by atoms with van der Waals surface area (Å²) >= 11 is 0. The van der Waals surface area contributed by atoms with E-state index >= 15 is 0 Å². The van der Waals surface area contributed by atoms with E-state index in [-0.39, 0.29) is 11.9 Å². The molecule has 0 aromatic carbocycles. The molecule has 0 aromatic heterocycles. The van der Waals surface area contributed by atoms with E-state index in [1.807, 2.05) is 31.2 Å². The number of nitrogens with zero attached hydrogens (tertiary/aromatic N) is 1. The quantitative estimate of drug-likeness (QED) is 0.681. The number of rotatable bonds is 2. The predicted octanol–water partition coefficient (Wildman–Crippen LogP) is 2.48. The van der Waals surface area contributed by atoms with Crippen LogP contribution >= 0.6 is 0 Å². The molecule has 0 amide bonds. The third kappa shape index (κ3) is 1.58. The molecule has 1 heterocycles. The largest absolute Gasteiger partial charge is 0.508 e. The lowest BCUT2D eigenvalue weighted by atomic mass is 10.1. The molecule has 0 aromatic rings. The van der Waals surface area contributed by atoms with Crippen LogP contribution in [0.1, 0.15) is 19.8 Å². The highest BCUT2D eigenvalue weighted by Gasteiger charge is 2.25. The average molecular weight is 191 g/mol. The summed E-state index contributed by atoms with van der Waals surface area (Å²) in [5.74, 6) is 0.280. The van der Waals surface area contributed by atoms with Crippen LogP contribution in [0.3, 0.4) is 0 Å². The maximum Gasteiger partial charge on any atom is 0.189 e. The Hall–Kier alpha value is -1.51. The van der Waals surface area contributed by atoms with E-state index in [1.54, 1.807) is 0 Å². The van der Waals surface area contributed by atoms with Crippen molar-refractivity contribution in [1.82, 2.24) is 0 Å². The molecule has 2 aliphatic rings. The molecule has 2 rings (SSSR count). The number of hydrogen-bond donors (Lipinski definition) is 1. The minimum atomic E-state index is -0.285. The zero-order valence-electron chi connectivity index (χ0n) is 8.10. The second-order valence-corrected chi connectivity index (χ2v) is 3.37. The highest BCUT2D eigenvalue weighted by molar-refractivity contribution is 5.85. The van der Waals surface area contributed by atoms with Crippen molar-refractivity contribution in [2.45, 2.75) is 25.9 Å². The molecule has 0 spiro atoms. The fourth-order valence-corrected chi connectivity index (χ4v) is 1.51. The summed E-state index contributed by atoms with van der Waals surface area (Å²) in [7, 11) is 0.